The van der Waals surface area contributed by atoms with Gasteiger partial charge >= 0.3 is 5.97 Å². The number of aliphatic hydroxyl groups is 4. The highest BCUT2D eigenvalue weighted by atomic mass is 16.7. The van der Waals surface area contributed by atoms with Crippen LogP contribution >= 0.6 is 0 Å². The number of carbonyl (C=O) groups is 1. The lowest BCUT2D eigenvalue weighted by Gasteiger charge is -2.66. The summed E-state index contributed by atoms with van der Waals surface area (Å²) in [6.45, 7) is 4.90. The third-order valence-electron chi connectivity index (χ3n) is 13.3. The topological polar surface area (TPSA) is 138 Å². The second kappa shape index (κ2) is 12.1. The summed E-state index contributed by atoms with van der Waals surface area (Å²) in [6.07, 6.45) is 7.68. The van der Waals surface area contributed by atoms with Crippen molar-refractivity contribution >= 4 is 12.2 Å². The number of hydrogen-bond donors (Lipinski definition) is 4. The summed E-state index contributed by atoms with van der Waals surface area (Å²) < 4.78 is 17.6. The van der Waals surface area contributed by atoms with E-state index < -0.39 is 41.2 Å². The molecular weight excluding hydrogens is 586 g/mol. The zero-order chi connectivity index (χ0) is 32.3. The Labute approximate surface area is 272 Å². The van der Waals surface area contributed by atoms with Gasteiger partial charge in [-0.15, -0.1) is 0 Å². The highest BCUT2D eigenvalue weighted by Crippen LogP contribution is 2.70. The van der Waals surface area contributed by atoms with Crippen molar-refractivity contribution in [3.63, 3.8) is 0 Å². The molecular formula is C37H51NO8. The van der Waals surface area contributed by atoms with Crippen LogP contribution in [0.4, 0.5) is 0 Å². The van der Waals surface area contributed by atoms with Gasteiger partial charge in [0.1, 0.15) is 12.7 Å². The molecule has 9 nitrogen and oxygen atoms in total. The molecule has 0 bridgehead atoms. The zero-order valence-electron chi connectivity index (χ0n) is 27.2. The minimum absolute atomic E-state index is 0.00681. The van der Waals surface area contributed by atoms with Gasteiger partial charge in [-0.3, -0.25) is 4.99 Å². The van der Waals surface area contributed by atoms with E-state index >= 15 is 0 Å². The monoisotopic (exact) mass is 637 g/mol. The Balaban J connectivity index is 1.16. The van der Waals surface area contributed by atoms with E-state index in [1.165, 1.54) is 5.56 Å². The first-order chi connectivity index (χ1) is 22.0. The highest BCUT2D eigenvalue weighted by Gasteiger charge is 2.71. The first-order valence-corrected chi connectivity index (χ1v) is 17.5. The number of aliphatic hydroxyl groups excluding tert-OH is 2. The van der Waals surface area contributed by atoms with Crippen molar-refractivity contribution in [1.82, 2.24) is 0 Å². The number of cyclic esters (lactones) is 1. The first-order valence-electron chi connectivity index (χ1n) is 17.5. The van der Waals surface area contributed by atoms with Crippen LogP contribution in [0.1, 0.15) is 83.6 Å². The van der Waals surface area contributed by atoms with Crippen LogP contribution in [0.2, 0.25) is 0 Å². The number of nitrogens with zero attached hydrogens (tertiary/aromatic N) is 1. The molecule has 2 heterocycles. The number of ether oxygens (including phenoxy) is 3. The number of rotatable bonds is 7. The van der Waals surface area contributed by atoms with Crippen LogP contribution in [0.25, 0.3) is 0 Å². The van der Waals surface area contributed by atoms with Crippen molar-refractivity contribution in [3.05, 3.63) is 47.5 Å². The van der Waals surface area contributed by atoms with Crippen molar-refractivity contribution in [2.75, 3.05) is 13.2 Å². The van der Waals surface area contributed by atoms with E-state index in [1.54, 1.807) is 13.0 Å². The minimum atomic E-state index is -1.07. The molecule has 12 atom stereocenters. The Hall–Kier alpha value is -2.14. The molecule has 2 aliphatic heterocycles. The molecule has 7 rings (SSSR count). The molecule has 0 spiro atoms. The molecule has 6 aliphatic rings. The third kappa shape index (κ3) is 5.21. The molecule has 1 aromatic carbocycles. The summed E-state index contributed by atoms with van der Waals surface area (Å²) in [7, 11) is 0. The quantitative estimate of drug-likeness (QED) is 0.201. The largest absolute Gasteiger partial charge is 0.458 e. The predicted molar refractivity (Wildman–Crippen MR) is 171 cm³/mol. The third-order valence-corrected chi connectivity index (χ3v) is 13.3. The van der Waals surface area contributed by atoms with Crippen LogP contribution in [0.5, 0.6) is 0 Å². The SMILES string of the molecule is C[C@@H]1O[C@@H](O[C@@H]2CC[C@@]3(C=NCCc4ccccc4)[C@@H]4CC[C@@]5(C)[C@@H](C6=CC(=O)OC6)CC[C@]5(O)[C@@H]4CC[C@]3(O)C2)C[C@@H](O)[C@@H]1O. The van der Waals surface area contributed by atoms with Crippen LogP contribution in [-0.4, -0.2) is 87.7 Å². The van der Waals surface area contributed by atoms with E-state index in [0.717, 1.165) is 31.3 Å². The van der Waals surface area contributed by atoms with E-state index in [9.17, 15) is 25.2 Å². The van der Waals surface area contributed by atoms with Gasteiger partial charge in [0.05, 0.1) is 29.5 Å². The van der Waals surface area contributed by atoms with Gasteiger partial charge in [-0.25, -0.2) is 4.79 Å². The fourth-order valence-corrected chi connectivity index (χ4v) is 10.9. The summed E-state index contributed by atoms with van der Waals surface area (Å²) in [5.74, 6) is -0.110. The van der Waals surface area contributed by atoms with Crippen molar-refractivity contribution in [2.24, 2.45) is 33.6 Å². The maximum absolute atomic E-state index is 12.7. The number of esters is 1. The van der Waals surface area contributed by atoms with Crippen LogP contribution < -0.4 is 0 Å². The van der Waals surface area contributed by atoms with E-state index in [4.69, 9.17) is 19.2 Å². The molecule has 0 aromatic heterocycles. The van der Waals surface area contributed by atoms with Gasteiger partial charge in [-0.2, -0.15) is 0 Å². The van der Waals surface area contributed by atoms with E-state index in [-0.39, 0.29) is 41.7 Å². The molecule has 4 aliphatic carbocycles. The molecule has 9 heteroatoms. The number of hydrogen-bond acceptors (Lipinski definition) is 9. The standard InChI is InChI=1S/C37H51NO8/c1-23-33(41)30(39)19-32(45-23)46-26-8-14-35(22-38-17-12-24-6-4-3-5-7-24)28-9-13-34(2)27(25-18-31(40)44-21-25)11-16-37(34,43)29(28)10-15-36(35,42)20-26/h3-7,18,22-23,26-30,32-33,39,41-43H,8-17,19-21H2,1-2H3/t23-,26+,27+,28+,29+,30+,32-,33+,34-,35+,36-,37-/m0/s1. The molecule has 1 saturated heterocycles. The molecule has 0 amide bonds. The summed E-state index contributed by atoms with van der Waals surface area (Å²) in [4.78, 5) is 17.0. The fraction of sp³-hybridized carbons (Fsp3) is 0.730. The van der Waals surface area contributed by atoms with Crippen LogP contribution in [-0.2, 0) is 25.4 Å². The lowest BCUT2D eigenvalue weighted by atomic mass is 9.41. The fourth-order valence-electron chi connectivity index (χ4n) is 10.9. The predicted octanol–water partition coefficient (Wildman–Crippen LogP) is 3.89. The molecule has 1 aromatic rings. The van der Waals surface area contributed by atoms with Crippen molar-refractivity contribution in [2.45, 2.75) is 126 Å². The Bertz CT molecular complexity index is 1340. The average molecular weight is 638 g/mol. The van der Waals surface area contributed by atoms with Crippen LogP contribution in [0.3, 0.4) is 0 Å². The van der Waals surface area contributed by atoms with Crippen molar-refractivity contribution in [3.8, 4) is 0 Å². The number of carbonyl (C=O) groups excluding carboxylic acids is 1. The molecule has 46 heavy (non-hydrogen) atoms. The molecule has 4 N–H and O–H groups in total. The van der Waals surface area contributed by atoms with E-state index in [0.29, 0.717) is 51.7 Å². The number of benzene rings is 1. The van der Waals surface area contributed by atoms with Gasteiger partial charge in [0.15, 0.2) is 6.29 Å². The normalized spacial score (nSPS) is 47.2. The van der Waals surface area contributed by atoms with Crippen LogP contribution in [0, 0.1) is 28.6 Å². The molecule has 252 valence electrons. The number of aliphatic imine (C=N–C) groups is 1. The second-order valence-corrected chi connectivity index (χ2v) is 15.5. The lowest BCUT2D eigenvalue weighted by Crippen LogP contribution is -2.69. The van der Waals surface area contributed by atoms with Crippen molar-refractivity contribution in [1.29, 1.82) is 0 Å². The molecule has 5 fully saturated rings. The Kier molecular flexibility index (Phi) is 8.51. The molecule has 0 unspecified atom stereocenters. The van der Waals surface area contributed by atoms with Gasteiger partial charge in [0.2, 0.25) is 0 Å². The lowest BCUT2D eigenvalue weighted by molar-refractivity contribution is -0.282. The van der Waals surface area contributed by atoms with Gasteiger partial charge in [0.25, 0.3) is 0 Å². The Morgan fingerprint density at radius 1 is 1.02 bits per heavy atom. The average Bonchev–Trinajstić information content (AvgIpc) is 3.58. The van der Waals surface area contributed by atoms with Crippen LogP contribution in [0.15, 0.2) is 47.0 Å². The summed E-state index contributed by atoms with van der Waals surface area (Å²) >= 11 is 0. The maximum atomic E-state index is 12.7. The molecule has 4 saturated carbocycles. The van der Waals surface area contributed by atoms with Gasteiger partial charge in [-0.05, 0) is 93.6 Å². The highest BCUT2D eigenvalue weighted by molar-refractivity contribution is 5.85. The van der Waals surface area contributed by atoms with Gasteiger partial charge < -0.3 is 34.6 Å². The molecule has 0 radical (unpaired) electrons. The first kappa shape index (κ1) is 32.4. The number of fused-ring (bicyclic) bond motifs is 5. The summed E-state index contributed by atoms with van der Waals surface area (Å²) in [6, 6.07) is 10.3. The smallest absolute Gasteiger partial charge is 0.331 e. The van der Waals surface area contributed by atoms with E-state index in [2.05, 4.69) is 25.3 Å². The maximum Gasteiger partial charge on any atom is 0.331 e. The Morgan fingerprint density at radius 2 is 1.80 bits per heavy atom. The Morgan fingerprint density at radius 3 is 2.54 bits per heavy atom. The van der Waals surface area contributed by atoms with Crippen molar-refractivity contribution < 1.29 is 39.4 Å². The minimum Gasteiger partial charge on any atom is -0.458 e. The van der Waals surface area contributed by atoms with Gasteiger partial charge in [0, 0.05) is 42.5 Å². The zero-order valence-corrected chi connectivity index (χ0v) is 27.2. The van der Waals surface area contributed by atoms with Gasteiger partial charge in [-0.1, -0.05) is 37.3 Å². The summed E-state index contributed by atoms with van der Waals surface area (Å²) in [5.41, 5.74) is -0.707. The van der Waals surface area contributed by atoms with E-state index in [1.807, 2.05) is 18.2 Å². The second-order valence-electron chi connectivity index (χ2n) is 15.5. The summed E-state index contributed by atoms with van der Waals surface area (Å²) in [5, 5.41) is 46.0.